The molecule has 7 rings (SSSR count). The maximum absolute atomic E-state index is 5.35. The van der Waals surface area contributed by atoms with Crippen molar-refractivity contribution >= 4 is 34.1 Å². The number of hydrogen-bond donors (Lipinski definition) is 3. The van der Waals surface area contributed by atoms with Crippen LogP contribution in [-0.4, -0.2) is 45.7 Å². The first-order valence-corrected chi connectivity index (χ1v) is 15.9. The quantitative estimate of drug-likeness (QED) is 0.118. The van der Waals surface area contributed by atoms with Crippen LogP contribution < -0.4 is 30.2 Å². The van der Waals surface area contributed by atoms with E-state index in [9.17, 15) is 0 Å². The van der Waals surface area contributed by atoms with Crippen molar-refractivity contribution in [3.05, 3.63) is 126 Å². The molecule has 0 saturated heterocycles. The van der Waals surface area contributed by atoms with Gasteiger partial charge in [0.25, 0.3) is 0 Å². The van der Waals surface area contributed by atoms with Crippen LogP contribution in [0.4, 0.5) is 17.6 Å². The van der Waals surface area contributed by atoms with Gasteiger partial charge in [0.15, 0.2) is 0 Å². The number of anilines is 3. The second-order valence-corrected chi connectivity index (χ2v) is 11.3. The predicted molar refractivity (Wildman–Crippen MR) is 192 cm³/mol. The van der Waals surface area contributed by atoms with Crippen LogP contribution >= 0.6 is 0 Å². The van der Waals surface area contributed by atoms with E-state index in [1.54, 1.807) is 27.5 Å². The van der Waals surface area contributed by atoms with Crippen molar-refractivity contribution < 1.29 is 14.2 Å². The van der Waals surface area contributed by atoms with E-state index in [0.717, 1.165) is 67.4 Å². The number of benzene rings is 3. The van der Waals surface area contributed by atoms with Gasteiger partial charge in [0.2, 0.25) is 11.9 Å². The van der Waals surface area contributed by atoms with Crippen molar-refractivity contribution in [1.82, 2.24) is 24.3 Å². The molecule has 0 bridgehead atoms. The molecule has 3 aromatic carbocycles. The molecule has 0 amide bonds. The smallest absolute Gasteiger partial charge is 0.223 e. The molecule has 0 aliphatic carbocycles. The Labute approximate surface area is 284 Å². The molecule has 11 heteroatoms. The second-order valence-electron chi connectivity index (χ2n) is 11.3. The minimum absolute atomic E-state index is 0.518. The highest BCUT2D eigenvalue weighted by molar-refractivity contribution is 6.10. The van der Waals surface area contributed by atoms with Crippen LogP contribution in [0.15, 0.2) is 110 Å². The molecule has 0 aliphatic rings. The van der Waals surface area contributed by atoms with Crippen LogP contribution in [0, 0.1) is 0 Å². The monoisotopic (exact) mass is 652 g/mol. The number of nitrogens with one attached hydrogen (secondary N) is 3. The summed E-state index contributed by atoms with van der Waals surface area (Å²) in [4.78, 5) is 19.2. The first kappa shape index (κ1) is 31.3. The van der Waals surface area contributed by atoms with Crippen molar-refractivity contribution in [2.24, 2.45) is 0 Å². The maximum Gasteiger partial charge on any atom is 0.223 e. The fourth-order valence-electron chi connectivity index (χ4n) is 5.73. The van der Waals surface area contributed by atoms with Crippen LogP contribution in [0.1, 0.15) is 16.7 Å². The molecule has 0 unspecified atom stereocenters. The molecule has 0 atom stereocenters. The lowest BCUT2D eigenvalue weighted by molar-refractivity contribution is 0.414. The van der Waals surface area contributed by atoms with Gasteiger partial charge in [-0.25, -0.2) is 19.9 Å². The predicted octanol–water partition coefficient (Wildman–Crippen LogP) is 7.20. The number of rotatable bonds is 13. The number of methoxy groups -OCH3 is 3. The third-order valence-corrected chi connectivity index (χ3v) is 8.30. The van der Waals surface area contributed by atoms with Gasteiger partial charge in [-0.2, -0.15) is 0 Å². The number of pyridine rings is 1. The number of aromatic nitrogens is 5. The van der Waals surface area contributed by atoms with Gasteiger partial charge in [-0.3, -0.25) is 4.40 Å². The average molecular weight is 653 g/mol. The summed E-state index contributed by atoms with van der Waals surface area (Å²) >= 11 is 0. The number of fused-ring (bicyclic) bond motifs is 3. The Morgan fingerprint density at radius 1 is 0.551 bits per heavy atom. The van der Waals surface area contributed by atoms with Crippen LogP contribution in [-0.2, 0) is 19.6 Å². The molecule has 0 aliphatic heterocycles. The molecular formula is C38H36N8O3. The van der Waals surface area contributed by atoms with Crippen molar-refractivity contribution in [2.75, 3.05) is 37.3 Å². The highest BCUT2D eigenvalue weighted by Gasteiger charge is 2.21. The molecule has 49 heavy (non-hydrogen) atoms. The fourth-order valence-corrected chi connectivity index (χ4v) is 5.73. The zero-order valence-electron chi connectivity index (χ0n) is 27.5. The van der Waals surface area contributed by atoms with Gasteiger partial charge in [-0.1, -0.05) is 36.4 Å². The lowest BCUT2D eigenvalue weighted by atomic mass is 10.1. The lowest BCUT2D eigenvalue weighted by Gasteiger charge is -2.11. The normalized spacial score (nSPS) is 11.0. The summed E-state index contributed by atoms with van der Waals surface area (Å²) in [6.07, 6.45) is 5.40. The molecule has 11 nitrogen and oxygen atoms in total. The molecular weight excluding hydrogens is 616 g/mol. The van der Waals surface area contributed by atoms with E-state index >= 15 is 0 Å². The van der Waals surface area contributed by atoms with Crippen LogP contribution in [0.3, 0.4) is 0 Å². The molecule has 7 aromatic rings. The Morgan fingerprint density at radius 2 is 1.08 bits per heavy atom. The Balaban J connectivity index is 1.28. The molecule has 4 aromatic heterocycles. The van der Waals surface area contributed by atoms with Gasteiger partial charge in [0.1, 0.15) is 22.9 Å². The third-order valence-electron chi connectivity index (χ3n) is 8.30. The molecule has 0 spiro atoms. The Morgan fingerprint density at radius 3 is 1.67 bits per heavy atom. The van der Waals surface area contributed by atoms with Crippen LogP contribution in [0.5, 0.6) is 17.2 Å². The highest BCUT2D eigenvalue weighted by Crippen LogP contribution is 2.39. The molecule has 0 saturated carbocycles. The summed E-state index contributed by atoms with van der Waals surface area (Å²) in [6, 6.07) is 29.8. The summed E-state index contributed by atoms with van der Waals surface area (Å²) in [7, 11) is 4.99. The Kier molecular flexibility index (Phi) is 9.04. The topological polar surface area (TPSA) is 120 Å². The fraction of sp³-hybridized carbons (Fsp3) is 0.158. The second kappa shape index (κ2) is 14.2. The van der Waals surface area contributed by atoms with E-state index in [0.29, 0.717) is 31.5 Å². The van der Waals surface area contributed by atoms with Gasteiger partial charge in [-0.15, -0.1) is 0 Å². The third kappa shape index (κ3) is 6.72. The zero-order chi connectivity index (χ0) is 33.6. The minimum atomic E-state index is 0.518. The highest BCUT2D eigenvalue weighted by atomic mass is 16.5. The number of ether oxygens (including phenoxy) is 3. The largest absolute Gasteiger partial charge is 0.497 e. The van der Waals surface area contributed by atoms with E-state index in [1.165, 1.54) is 0 Å². The number of hydrogen-bond acceptors (Lipinski definition) is 10. The standard InChI is InChI=1S/C38H36N8O3/c1-47-28-10-4-25(5-11-28)22-42-31-16-19-39-36-35(31)34(32-17-20-40-37(45-32)43-23-26-6-12-29(48-2)13-7-26)33-18-21-41-38(46(33)36)44-24-27-8-14-30(49-3)15-9-27/h4-21H,22-24H2,1-3H3,(H,39,42)(H,41,44)(H,40,43,45). The summed E-state index contributed by atoms with van der Waals surface area (Å²) in [5.41, 5.74) is 7.56. The van der Waals surface area contributed by atoms with E-state index in [-0.39, 0.29) is 0 Å². The molecule has 0 fully saturated rings. The first-order valence-electron chi connectivity index (χ1n) is 15.9. The van der Waals surface area contributed by atoms with Gasteiger partial charge in [0, 0.05) is 49.5 Å². The van der Waals surface area contributed by atoms with Crippen molar-refractivity contribution in [3.8, 4) is 28.5 Å². The van der Waals surface area contributed by atoms with E-state index in [2.05, 4.69) is 37.5 Å². The van der Waals surface area contributed by atoms with E-state index in [4.69, 9.17) is 29.2 Å². The summed E-state index contributed by atoms with van der Waals surface area (Å²) in [6.45, 7) is 1.73. The van der Waals surface area contributed by atoms with Crippen molar-refractivity contribution in [2.45, 2.75) is 19.6 Å². The SMILES string of the molecule is COc1ccc(CNc2nccc(-c3c4c(NCc5ccc(OC)cc5)ccnc4n4c(NCc5ccc(OC)cc5)nccc34)n2)cc1. The summed E-state index contributed by atoms with van der Waals surface area (Å²) < 4.78 is 18.0. The van der Waals surface area contributed by atoms with E-state index < -0.39 is 0 Å². The molecule has 4 heterocycles. The zero-order valence-corrected chi connectivity index (χ0v) is 27.5. The minimum Gasteiger partial charge on any atom is -0.497 e. The van der Waals surface area contributed by atoms with Crippen molar-refractivity contribution in [1.29, 1.82) is 0 Å². The Bertz CT molecular complexity index is 2180. The van der Waals surface area contributed by atoms with Crippen LogP contribution in [0.2, 0.25) is 0 Å². The number of nitrogens with zero attached hydrogens (tertiary/aromatic N) is 5. The lowest BCUT2D eigenvalue weighted by Crippen LogP contribution is -2.07. The molecule has 246 valence electrons. The van der Waals surface area contributed by atoms with Gasteiger partial charge >= 0.3 is 0 Å². The van der Waals surface area contributed by atoms with Crippen molar-refractivity contribution in [3.63, 3.8) is 0 Å². The van der Waals surface area contributed by atoms with E-state index in [1.807, 2.05) is 91.3 Å². The molecule has 0 radical (unpaired) electrons. The first-order chi connectivity index (χ1) is 24.1. The average Bonchev–Trinajstić information content (AvgIpc) is 3.52. The van der Waals surface area contributed by atoms with Crippen LogP contribution in [0.25, 0.3) is 27.8 Å². The van der Waals surface area contributed by atoms with Gasteiger partial charge < -0.3 is 30.2 Å². The maximum atomic E-state index is 5.35. The van der Waals surface area contributed by atoms with Gasteiger partial charge in [0.05, 0.1) is 37.9 Å². The summed E-state index contributed by atoms with van der Waals surface area (Å²) in [5, 5.41) is 11.5. The van der Waals surface area contributed by atoms with Gasteiger partial charge in [-0.05, 0) is 71.3 Å². The Hall–Kier alpha value is -6.36. The summed E-state index contributed by atoms with van der Waals surface area (Å²) in [5.74, 6) is 3.62. The molecule has 3 N–H and O–H groups in total.